The van der Waals surface area contributed by atoms with Gasteiger partial charge in [-0.3, -0.25) is 53.0 Å². The Hall–Kier alpha value is -5.48. The molecule has 1 aromatic rings. The number of carboxylic acids is 5. The van der Waals surface area contributed by atoms with E-state index in [1.165, 1.54) is 20.3 Å². The number of carboxylic acid groups (broad SMARTS) is 5. The van der Waals surface area contributed by atoms with Crippen molar-refractivity contribution in [1.29, 1.82) is 0 Å². The van der Waals surface area contributed by atoms with Gasteiger partial charge >= 0.3 is 37.7 Å². The average molecular weight is 937 g/mol. The number of phosphoric acid groups is 1. The highest BCUT2D eigenvalue weighted by Gasteiger charge is 2.35. The van der Waals surface area contributed by atoms with Crippen LogP contribution in [0.3, 0.4) is 0 Å². The number of nitrogens with one attached hydrogen (secondary N) is 2. The lowest BCUT2D eigenvalue weighted by Gasteiger charge is -2.36. The largest absolute Gasteiger partial charge is 0.527 e. The first-order valence-electron chi connectivity index (χ1n) is 20.9. The van der Waals surface area contributed by atoms with Crippen molar-refractivity contribution in [2.75, 3.05) is 85.1 Å². The molecule has 1 unspecified atom stereocenters. The lowest BCUT2D eigenvalue weighted by Crippen LogP contribution is -2.55. The molecule has 22 nitrogen and oxygen atoms in total. The van der Waals surface area contributed by atoms with Gasteiger partial charge < -0.3 is 40.7 Å². The molecule has 2 amide bonds. The standard InChI is InChI=1S/C42H61N6O16P/c1-26-8-9-27(2)38(30(5)19-26)31-20-29(4)33(21-28(31)3)64-65(61,62)63-18-6-7-32(40(55)56)47-14-10-45(24-34(49)43-22-36(51)52)12-16-48(39(41(57)58)42(59)60)17-13-46(11-15-47)25-35(50)44-23-37(53)54/h8,19-21,32,39H,6-7,9-18,22-25H2,1-5H3,(H,43,49)(H,44,50)(H,51,52)(H,53,54)(H,55,56)(H,57,58)(H,59,60)(H,61,62)/t32-/m1/s1. The summed E-state index contributed by atoms with van der Waals surface area (Å²) in [6.45, 7) is 6.14. The minimum Gasteiger partial charge on any atom is -0.480 e. The van der Waals surface area contributed by atoms with Crippen LogP contribution in [0.15, 0.2) is 41.0 Å². The SMILES string of the molecule is CC1=CCC(C)=C(c2cc(C)c(OP(=O)(O)OCCC[C@H](C(=O)O)N3CCN(CC(=O)NCC(=O)O)CCN(C(C(=O)O)C(=O)O)CCN(CC(=O)NCC(=O)O)CC3)cc2C)C(C)=C1. The Bertz CT molecular complexity index is 2030. The molecule has 8 N–H and O–H groups in total. The van der Waals surface area contributed by atoms with Crippen molar-refractivity contribution >= 4 is 55.1 Å². The Morgan fingerprint density at radius 3 is 1.69 bits per heavy atom. The first kappa shape index (κ1) is 53.9. The molecule has 0 aromatic heterocycles. The van der Waals surface area contributed by atoms with Crippen molar-refractivity contribution in [3.63, 3.8) is 0 Å². The number of hydrogen-bond acceptors (Lipinski definition) is 14. The lowest BCUT2D eigenvalue weighted by molar-refractivity contribution is -0.157. The molecular formula is C42H61N6O16P. The molecule has 1 fully saturated rings. The van der Waals surface area contributed by atoms with Gasteiger partial charge in [0.05, 0.1) is 19.7 Å². The van der Waals surface area contributed by atoms with Crippen LogP contribution >= 0.6 is 7.82 Å². The molecule has 2 aliphatic rings. The molecule has 23 heteroatoms. The minimum absolute atomic E-state index is 0.0475. The zero-order chi connectivity index (χ0) is 48.6. The number of aryl methyl sites for hydroxylation is 2. The van der Waals surface area contributed by atoms with E-state index in [0.29, 0.717) is 5.56 Å². The number of rotatable bonds is 21. The minimum atomic E-state index is -4.72. The fraction of sp³-hybridized carbons (Fsp3) is 0.548. The number of benzene rings is 1. The van der Waals surface area contributed by atoms with Gasteiger partial charge in [-0.1, -0.05) is 23.3 Å². The normalized spacial score (nSPS) is 17.9. The van der Waals surface area contributed by atoms with Crippen molar-refractivity contribution in [3.05, 3.63) is 57.7 Å². The molecule has 0 radical (unpaired) electrons. The maximum Gasteiger partial charge on any atom is 0.527 e. The van der Waals surface area contributed by atoms with E-state index >= 15 is 0 Å². The molecule has 1 heterocycles. The predicted octanol–water partition coefficient (Wildman–Crippen LogP) is 1.26. The second kappa shape index (κ2) is 25.3. The van der Waals surface area contributed by atoms with Crippen molar-refractivity contribution < 1.29 is 77.6 Å². The van der Waals surface area contributed by atoms with Crippen LogP contribution < -0.4 is 15.2 Å². The highest BCUT2D eigenvalue weighted by Crippen LogP contribution is 2.46. The van der Waals surface area contributed by atoms with Crippen LogP contribution in [-0.2, 0) is 42.7 Å². The summed E-state index contributed by atoms with van der Waals surface area (Å²) in [4.78, 5) is 101. The number of phosphoric ester groups is 1. The molecule has 0 saturated carbocycles. The Morgan fingerprint density at radius 1 is 0.708 bits per heavy atom. The van der Waals surface area contributed by atoms with Crippen LogP contribution in [0.1, 0.15) is 56.7 Å². The third-order valence-corrected chi connectivity index (χ3v) is 11.8. The number of aliphatic carboxylic acids is 5. The van der Waals surface area contributed by atoms with E-state index in [1.54, 1.807) is 13.0 Å². The summed E-state index contributed by atoms with van der Waals surface area (Å²) in [5, 5.41) is 52.6. The lowest BCUT2D eigenvalue weighted by atomic mass is 9.89. The number of carbonyl (C=O) groups excluding carboxylic acids is 2. The van der Waals surface area contributed by atoms with Crippen LogP contribution in [0.4, 0.5) is 0 Å². The molecule has 0 bridgehead atoms. The third-order valence-electron chi connectivity index (χ3n) is 10.9. The molecule has 1 saturated heterocycles. The summed E-state index contributed by atoms with van der Waals surface area (Å²) in [5.74, 6) is -8.57. The van der Waals surface area contributed by atoms with Gasteiger partial charge in [-0.25, -0.2) is 14.2 Å². The van der Waals surface area contributed by atoms with Crippen LogP contribution in [-0.4, -0.2) is 189 Å². The van der Waals surface area contributed by atoms with Gasteiger partial charge in [0.2, 0.25) is 17.9 Å². The van der Waals surface area contributed by atoms with Crippen LogP contribution in [0.25, 0.3) is 5.57 Å². The summed E-state index contributed by atoms with van der Waals surface area (Å²) in [7, 11) is -4.72. The van der Waals surface area contributed by atoms with Gasteiger partial charge in [-0.2, -0.15) is 0 Å². The van der Waals surface area contributed by atoms with Crippen LogP contribution in [0.5, 0.6) is 5.75 Å². The molecule has 1 aliphatic carbocycles. The summed E-state index contributed by atoms with van der Waals surface area (Å²) < 4.78 is 24.0. The topological polar surface area (TPSA) is 313 Å². The van der Waals surface area contributed by atoms with Crippen molar-refractivity contribution in [1.82, 2.24) is 30.2 Å². The molecule has 0 spiro atoms. The van der Waals surface area contributed by atoms with E-state index in [0.717, 1.165) is 39.2 Å². The molecule has 65 heavy (non-hydrogen) atoms. The number of amides is 2. The predicted molar refractivity (Wildman–Crippen MR) is 234 cm³/mol. The molecule has 2 atom stereocenters. The second-order valence-electron chi connectivity index (χ2n) is 16.0. The smallest absolute Gasteiger partial charge is 0.480 e. The van der Waals surface area contributed by atoms with E-state index in [9.17, 15) is 58.3 Å². The van der Waals surface area contributed by atoms with Crippen molar-refractivity contribution in [2.45, 2.75) is 66.0 Å². The van der Waals surface area contributed by atoms with Crippen molar-refractivity contribution in [2.24, 2.45) is 0 Å². The monoisotopic (exact) mass is 936 g/mol. The van der Waals surface area contributed by atoms with Gasteiger partial charge in [0.25, 0.3) is 0 Å². The average Bonchev–Trinajstić information content (AvgIpc) is 3.32. The molecule has 3 rings (SSSR count). The van der Waals surface area contributed by atoms with Crippen LogP contribution in [0.2, 0.25) is 0 Å². The van der Waals surface area contributed by atoms with E-state index in [-0.39, 0.29) is 77.6 Å². The second-order valence-corrected chi connectivity index (χ2v) is 17.4. The third kappa shape index (κ3) is 17.8. The number of hydrogen-bond donors (Lipinski definition) is 8. The van der Waals surface area contributed by atoms with Gasteiger partial charge in [0.1, 0.15) is 24.9 Å². The van der Waals surface area contributed by atoms with Gasteiger partial charge in [0.15, 0.2) is 0 Å². The highest BCUT2D eigenvalue weighted by molar-refractivity contribution is 7.47. The van der Waals surface area contributed by atoms with Gasteiger partial charge in [-0.05, 0) is 93.9 Å². The Labute approximate surface area is 376 Å². The zero-order valence-electron chi connectivity index (χ0n) is 37.3. The Kier molecular flexibility index (Phi) is 20.9. The molecule has 360 valence electrons. The molecule has 1 aromatic carbocycles. The van der Waals surface area contributed by atoms with E-state index in [1.807, 2.05) is 26.8 Å². The number of nitrogens with zero attached hydrogens (tertiary/aromatic N) is 4. The van der Waals surface area contributed by atoms with Gasteiger partial charge in [0, 0.05) is 52.4 Å². The summed E-state index contributed by atoms with van der Waals surface area (Å²) in [6, 6.07) is 0.262. The van der Waals surface area contributed by atoms with Crippen LogP contribution in [0, 0.1) is 13.8 Å². The summed E-state index contributed by atoms with van der Waals surface area (Å²) in [6.07, 6.45) is 4.87. The Morgan fingerprint density at radius 2 is 1.22 bits per heavy atom. The zero-order valence-corrected chi connectivity index (χ0v) is 38.2. The maximum absolute atomic E-state index is 13.2. The summed E-state index contributed by atoms with van der Waals surface area (Å²) in [5.41, 5.74) is 6.85. The number of allylic oxidation sites excluding steroid dienone is 6. The molecular weight excluding hydrogens is 875 g/mol. The van der Waals surface area contributed by atoms with Gasteiger partial charge in [-0.15, -0.1) is 0 Å². The number of carbonyl (C=O) groups is 7. The van der Waals surface area contributed by atoms with E-state index < -0.39 is 87.7 Å². The highest BCUT2D eigenvalue weighted by atomic mass is 31.2. The fourth-order valence-electron chi connectivity index (χ4n) is 7.59. The van der Waals surface area contributed by atoms with Crippen molar-refractivity contribution in [3.8, 4) is 5.75 Å². The Balaban J connectivity index is 1.83. The quantitative estimate of drug-likeness (QED) is 0.0489. The van der Waals surface area contributed by atoms with E-state index in [2.05, 4.69) is 29.7 Å². The molecule has 1 aliphatic heterocycles. The summed E-state index contributed by atoms with van der Waals surface area (Å²) >= 11 is 0. The van der Waals surface area contributed by atoms with E-state index in [4.69, 9.17) is 19.3 Å². The first-order valence-corrected chi connectivity index (χ1v) is 22.4. The fourth-order valence-corrected chi connectivity index (χ4v) is 8.45. The first-order chi connectivity index (χ1) is 30.5. The maximum atomic E-state index is 13.2.